The van der Waals surface area contributed by atoms with Crippen LogP contribution in [-0.4, -0.2) is 10.1 Å². The molecule has 1 aromatic carbocycles. The minimum absolute atomic E-state index is 0.323. The summed E-state index contributed by atoms with van der Waals surface area (Å²) in [6.07, 6.45) is 0.738. The Kier molecular flexibility index (Phi) is 3.15. The van der Waals surface area contributed by atoms with Gasteiger partial charge < -0.3 is 4.52 Å². The smallest absolute Gasteiger partial charge is 0.227 e. The van der Waals surface area contributed by atoms with Crippen LogP contribution >= 0.6 is 0 Å². The number of halogens is 1. The van der Waals surface area contributed by atoms with Gasteiger partial charge in [-0.25, -0.2) is 4.39 Å². The monoisotopic (exact) mass is 231 g/mol. The van der Waals surface area contributed by atoms with Crippen molar-refractivity contribution in [1.29, 1.82) is 5.26 Å². The van der Waals surface area contributed by atoms with E-state index in [-0.39, 0.29) is 5.82 Å². The average Bonchev–Trinajstić information content (AvgIpc) is 2.73. The van der Waals surface area contributed by atoms with E-state index in [1.54, 1.807) is 13.0 Å². The van der Waals surface area contributed by atoms with Crippen molar-refractivity contribution in [2.45, 2.75) is 19.8 Å². The molecule has 86 valence electrons. The molecule has 0 aliphatic rings. The highest BCUT2D eigenvalue weighted by Gasteiger charge is 2.09. The molecule has 0 unspecified atom stereocenters. The maximum Gasteiger partial charge on any atom is 0.227 e. The van der Waals surface area contributed by atoms with Crippen LogP contribution in [0.4, 0.5) is 4.39 Å². The van der Waals surface area contributed by atoms with Crippen LogP contribution in [0.1, 0.15) is 17.9 Å². The first-order valence-electron chi connectivity index (χ1n) is 5.16. The quantitative estimate of drug-likeness (QED) is 0.814. The highest BCUT2D eigenvalue weighted by molar-refractivity contribution is 5.55. The van der Waals surface area contributed by atoms with Crippen LogP contribution in [0.15, 0.2) is 22.7 Å². The SMILES string of the molecule is Cc1cc(F)cc(-c2noc(CCC#N)n2)c1. The fourth-order valence-corrected chi connectivity index (χ4v) is 1.50. The second-order valence-corrected chi connectivity index (χ2v) is 3.69. The molecular weight excluding hydrogens is 221 g/mol. The largest absolute Gasteiger partial charge is 0.339 e. The van der Waals surface area contributed by atoms with Gasteiger partial charge in [-0.15, -0.1) is 0 Å². The lowest BCUT2D eigenvalue weighted by molar-refractivity contribution is 0.380. The molecule has 2 rings (SSSR count). The van der Waals surface area contributed by atoms with Gasteiger partial charge in [-0.05, 0) is 30.7 Å². The molecule has 0 radical (unpaired) electrons. The van der Waals surface area contributed by atoms with Crippen molar-refractivity contribution in [1.82, 2.24) is 10.1 Å². The molecule has 0 saturated heterocycles. The zero-order chi connectivity index (χ0) is 12.3. The van der Waals surface area contributed by atoms with Gasteiger partial charge in [-0.2, -0.15) is 10.2 Å². The second kappa shape index (κ2) is 4.74. The molecule has 0 N–H and O–H groups in total. The molecule has 1 heterocycles. The lowest BCUT2D eigenvalue weighted by atomic mass is 10.1. The zero-order valence-electron chi connectivity index (χ0n) is 9.27. The fourth-order valence-electron chi connectivity index (χ4n) is 1.50. The van der Waals surface area contributed by atoms with Crippen molar-refractivity contribution in [3.8, 4) is 17.5 Å². The van der Waals surface area contributed by atoms with Crippen LogP contribution in [0.2, 0.25) is 0 Å². The Balaban J connectivity index is 2.27. The summed E-state index contributed by atoms with van der Waals surface area (Å²) in [5.41, 5.74) is 1.37. The molecule has 0 bridgehead atoms. The molecule has 0 aliphatic carbocycles. The Morgan fingerprint density at radius 1 is 1.41 bits per heavy atom. The zero-order valence-corrected chi connectivity index (χ0v) is 9.27. The Bertz CT molecular complexity index is 551. The standard InChI is InChI=1S/C12H10FN3O/c1-8-5-9(7-10(13)6-8)12-15-11(17-16-12)3-2-4-14/h5-7H,2-3H2,1H3. The summed E-state index contributed by atoms with van der Waals surface area (Å²) in [6, 6.07) is 6.56. The summed E-state index contributed by atoms with van der Waals surface area (Å²) in [4.78, 5) is 4.10. The lowest BCUT2D eigenvalue weighted by Gasteiger charge is -1.97. The normalized spacial score (nSPS) is 10.2. The van der Waals surface area contributed by atoms with Gasteiger partial charge in [0.2, 0.25) is 11.7 Å². The Labute approximate surface area is 97.7 Å². The van der Waals surface area contributed by atoms with E-state index in [2.05, 4.69) is 10.1 Å². The third-order valence-corrected chi connectivity index (χ3v) is 2.22. The van der Waals surface area contributed by atoms with Gasteiger partial charge in [0.25, 0.3) is 0 Å². The number of hydrogen-bond donors (Lipinski definition) is 0. The van der Waals surface area contributed by atoms with E-state index >= 15 is 0 Å². The number of benzene rings is 1. The van der Waals surface area contributed by atoms with Crippen LogP contribution in [0.25, 0.3) is 11.4 Å². The molecule has 0 atom stereocenters. The first-order chi connectivity index (χ1) is 8.19. The van der Waals surface area contributed by atoms with Crippen LogP contribution in [-0.2, 0) is 6.42 Å². The summed E-state index contributed by atoms with van der Waals surface area (Å²) in [5, 5.41) is 12.2. The summed E-state index contributed by atoms with van der Waals surface area (Å²) in [6.45, 7) is 1.79. The number of hydrogen-bond acceptors (Lipinski definition) is 4. The molecule has 1 aromatic heterocycles. The van der Waals surface area contributed by atoms with Gasteiger partial charge in [0.05, 0.1) is 6.07 Å². The second-order valence-electron chi connectivity index (χ2n) is 3.69. The summed E-state index contributed by atoms with van der Waals surface area (Å²) >= 11 is 0. The highest BCUT2D eigenvalue weighted by Crippen LogP contribution is 2.19. The Hall–Kier alpha value is -2.22. The molecule has 0 spiro atoms. The van der Waals surface area contributed by atoms with Crippen LogP contribution in [0.3, 0.4) is 0 Å². The van der Waals surface area contributed by atoms with Crippen molar-refractivity contribution in [2.24, 2.45) is 0 Å². The van der Waals surface area contributed by atoms with Crippen molar-refractivity contribution in [3.63, 3.8) is 0 Å². The lowest BCUT2D eigenvalue weighted by Crippen LogP contribution is -1.87. The van der Waals surface area contributed by atoms with E-state index < -0.39 is 0 Å². The number of aromatic nitrogens is 2. The minimum Gasteiger partial charge on any atom is -0.339 e. The molecule has 5 heteroatoms. The molecular formula is C12H10FN3O. The molecule has 0 amide bonds. The van der Waals surface area contributed by atoms with Crippen LogP contribution in [0, 0.1) is 24.1 Å². The van der Waals surface area contributed by atoms with E-state index in [0.29, 0.717) is 30.1 Å². The summed E-state index contributed by atoms with van der Waals surface area (Å²) in [5.74, 6) is 0.410. The maximum absolute atomic E-state index is 13.2. The first kappa shape index (κ1) is 11.3. The Morgan fingerprint density at radius 3 is 2.94 bits per heavy atom. The molecule has 4 nitrogen and oxygen atoms in total. The van der Waals surface area contributed by atoms with Gasteiger partial charge in [0.15, 0.2) is 0 Å². The average molecular weight is 231 g/mol. The number of rotatable bonds is 3. The predicted molar refractivity (Wildman–Crippen MR) is 58.4 cm³/mol. The fraction of sp³-hybridized carbons (Fsp3) is 0.250. The summed E-state index contributed by atoms with van der Waals surface area (Å²) < 4.78 is 18.2. The van der Waals surface area contributed by atoms with E-state index in [4.69, 9.17) is 9.78 Å². The van der Waals surface area contributed by atoms with Crippen molar-refractivity contribution >= 4 is 0 Å². The van der Waals surface area contributed by atoms with Gasteiger partial charge in [-0.3, -0.25) is 0 Å². The highest BCUT2D eigenvalue weighted by atomic mass is 19.1. The molecule has 0 fully saturated rings. The predicted octanol–water partition coefficient (Wildman–Crippen LogP) is 2.64. The van der Waals surface area contributed by atoms with Crippen molar-refractivity contribution < 1.29 is 8.91 Å². The van der Waals surface area contributed by atoms with Gasteiger partial charge >= 0.3 is 0 Å². The maximum atomic E-state index is 13.2. The van der Waals surface area contributed by atoms with Gasteiger partial charge in [0, 0.05) is 18.4 Å². The van der Waals surface area contributed by atoms with Gasteiger partial charge in [-0.1, -0.05) is 5.16 Å². The Morgan fingerprint density at radius 2 is 2.24 bits per heavy atom. The van der Waals surface area contributed by atoms with E-state index in [1.165, 1.54) is 12.1 Å². The third kappa shape index (κ3) is 2.67. The van der Waals surface area contributed by atoms with E-state index in [0.717, 1.165) is 5.56 Å². The molecule has 0 saturated carbocycles. The number of aryl methyl sites for hydroxylation is 2. The minimum atomic E-state index is -0.330. The topological polar surface area (TPSA) is 62.7 Å². The number of nitriles is 1. The third-order valence-electron chi connectivity index (χ3n) is 2.22. The number of nitrogens with zero attached hydrogens (tertiary/aromatic N) is 3. The summed E-state index contributed by atoms with van der Waals surface area (Å²) in [7, 11) is 0. The molecule has 17 heavy (non-hydrogen) atoms. The van der Waals surface area contributed by atoms with E-state index in [1.807, 2.05) is 6.07 Å². The van der Waals surface area contributed by atoms with Crippen LogP contribution < -0.4 is 0 Å². The van der Waals surface area contributed by atoms with Crippen molar-refractivity contribution in [2.75, 3.05) is 0 Å². The van der Waals surface area contributed by atoms with Crippen LogP contribution in [0.5, 0.6) is 0 Å². The van der Waals surface area contributed by atoms with E-state index in [9.17, 15) is 4.39 Å². The van der Waals surface area contributed by atoms with Crippen molar-refractivity contribution in [3.05, 3.63) is 35.5 Å². The molecule has 2 aromatic rings. The first-order valence-corrected chi connectivity index (χ1v) is 5.16. The molecule has 0 aliphatic heterocycles. The van der Waals surface area contributed by atoms with Gasteiger partial charge in [0.1, 0.15) is 5.82 Å².